The van der Waals surface area contributed by atoms with Crippen molar-refractivity contribution in [2.75, 3.05) is 18.8 Å². The molecule has 10 heteroatoms. The number of hydrogen-bond donors (Lipinski definition) is 1. The van der Waals surface area contributed by atoms with Crippen molar-refractivity contribution in [2.24, 2.45) is 5.92 Å². The first-order chi connectivity index (χ1) is 19.0. The molecule has 1 aliphatic carbocycles. The Morgan fingerprint density at radius 1 is 1.13 bits per heavy atom. The van der Waals surface area contributed by atoms with E-state index in [1.54, 1.807) is 17.2 Å². The van der Waals surface area contributed by atoms with Crippen LogP contribution < -0.4 is 10.5 Å². The van der Waals surface area contributed by atoms with Gasteiger partial charge in [-0.2, -0.15) is 10.4 Å². The molecule has 2 fully saturated rings. The van der Waals surface area contributed by atoms with Crippen LogP contribution in [0.4, 0.5) is 5.82 Å². The van der Waals surface area contributed by atoms with E-state index in [0.29, 0.717) is 53.2 Å². The normalized spacial score (nSPS) is 17.7. The summed E-state index contributed by atoms with van der Waals surface area (Å²) in [4.78, 5) is 28.1. The number of piperidine rings is 1. The Morgan fingerprint density at radius 3 is 2.67 bits per heavy atom. The number of ether oxygens (including phenoxy) is 1. The predicted octanol–water partition coefficient (Wildman–Crippen LogP) is 4.59. The summed E-state index contributed by atoms with van der Waals surface area (Å²) in [6, 6.07) is 13.4. The van der Waals surface area contributed by atoms with Gasteiger partial charge >= 0.3 is 0 Å². The number of fused-ring (bicyclic) bond motifs is 1. The molecular formula is C29H28N8O2. The number of nitrogens with two attached hydrogens (primary N) is 1. The first kappa shape index (κ1) is 24.6. The van der Waals surface area contributed by atoms with E-state index in [4.69, 9.17) is 15.6 Å². The Morgan fingerprint density at radius 2 is 1.95 bits per heavy atom. The summed E-state index contributed by atoms with van der Waals surface area (Å²) < 4.78 is 7.72. The molecule has 2 aliphatic rings. The van der Waals surface area contributed by atoms with Crippen LogP contribution in [0, 0.1) is 24.2 Å². The molecular weight excluding hydrogens is 492 g/mol. The van der Waals surface area contributed by atoms with Crippen molar-refractivity contribution in [1.82, 2.24) is 29.6 Å². The predicted molar refractivity (Wildman–Crippen MR) is 145 cm³/mol. The molecule has 4 aromatic rings. The number of anilines is 1. The van der Waals surface area contributed by atoms with Gasteiger partial charge in [0.15, 0.2) is 5.65 Å². The number of hydrogen-bond acceptors (Lipinski definition) is 8. The van der Waals surface area contributed by atoms with Gasteiger partial charge in [0, 0.05) is 30.9 Å². The monoisotopic (exact) mass is 520 g/mol. The number of rotatable bonds is 6. The molecule has 196 valence electrons. The summed E-state index contributed by atoms with van der Waals surface area (Å²) in [5, 5.41) is 15.1. The highest BCUT2D eigenvalue weighted by molar-refractivity contribution is 5.98. The number of nitriles is 1. The Kier molecular flexibility index (Phi) is 6.40. The highest BCUT2D eigenvalue weighted by Crippen LogP contribution is 2.35. The third-order valence-corrected chi connectivity index (χ3v) is 7.18. The molecule has 3 aromatic heterocycles. The second-order valence-electron chi connectivity index (χ2n) is 10.1. The molecule has 1 saturated carbocycles. The molecule has 0 bridgehead atoms. The molecule has 0 radical (unpaired) electrons. The van der Waals surface area contributed by atoms with Crippen molar-refractivity contribution in [3.05, 3.63) is 66.1 Å². The Labute approximate surface area is 225 Å². The topological polar surface area (TPSA) is 136 Å². The van der Waals surface area contributed by atoms with Crippen LogP contribution in [-0.4, -0.2) is 48.6 Å². The SMILES string of the molecule is Cc1ccc(Oc2ccc(-c3nn([C@@H]4CCCN(C(=O)C(C#N)=CC5CC5)C4)c4ncnc(N)c34)cn2)cc1. The summed E-state index contributed by atoms with van der Waals surface area (Å²) in [7, 11) is 0. The number of likely N-dealkylation sites (tertiary alicyclic amines) is 1. The minimum absolute atomic E-state index is 0.119. The summed E-state index contributed by atoms with van der Waals surface area (Å²) >= 11 is 0. The van der Waals surface area contributed by atoms with Crippen molar-refractivity contribution >= 4 is 22.8 Å². The maximum absolute atomic E-state index is 13.1. The Hall–Kier alpha value is -4.78. The van der Waals surface area contributed by atoms with E-state index >= 15 is 0 Å². The van der Waals surface area contributed by atoms with E-state index in [2.05, 4.69) is 21.0 Å². The van der Waals surface area contributed by atoms with Crippen LogP contribution >= 0.6 is 0 Å². The minimum Gasteiger partial charge on any atom is -0.439 e. The van der Waals surface area contributed by atoms with E-state index in [1.807, 2.05) is 48.0 Å². The van der Waals surface area contributed by atoms with Crippen LogP contribution in [0.1, 0.15) is 37.3 Å². The van der Waals surface area contributed by atoms with Crippen LogP contribution in [0.3, 0.4) is 0 Å². The van der Waals surface area contributed by atoms with E-state index in [0.717, 1.165) is 36.8 Å². The Bertz CT molecular complexity index is 1600. The smallest absolute Gasteiger partial charge is 0.264 e. The minimum atomic E-state index is -0.215. The van der Waals surface area contributed by atoms with Gasteiger partial charge in [-0.05, 0) is 56.7 Å². The number of nitrogen functional groups attached to an aromatic ring is 1. The second-order valence-corrected chi connectivity index (χ2v) is 10.1. The van der Waals surface area contributed by atoms with Crippen molar-refractivity contribution in [2.45, 2.75) is 38.6 Å². The zero-order chi connectivity index (χ0) is 26.9. The fourth-order valence-corrected chi connectivity index (χ4v) is 4.92. The maximum Gasteiger partial charge on any atom is 0.264 e. The highest BCUT2D eigenvalue weighted by Gasteiger charge is 2.31. The van der Waals surface area contributed by atoms with E-state index < -0.39 is 0 Å². The largest absolute Gasteiger partial charge is 0.439 e. The lowest BCUT2D eigenvalue weighted by atomic mass is 10.0. The fraction of sp³-hybridized carbons (Fsp3) is 0.310. The van der Waals surface area contributed by atoms with Gasteiger partial charge in [-0.25, -0.2) is 19.6 Å². The fourth-order valence-electron chi connectivity index (χ4n) is 4.92. The number of carbonyl (C=O) groups is 1. The molecule has 0 unspecified atom stereocenters. The molecule has 1 aliphatic heterocycles. The first-order valence-corrected chi connectivity index (χ1v) is 13.1. The molecule has 1 aromatic carbocycles. The number of pyridine rings is 1. The number of amides is 1. The lowest BCUT2D eigenvalue weighted by Crippen LogP contribution is -2.41. The number of benzene rings is 1. The van der Waals surface area contributed by atoms with Crippen LogP contribution in [-0.2, 0) is 4.79 Å². The molecule has 39 heavy (non-hydrogen) atoms. The lowest BCUT2D eigenvalue weighted by Gasteiger charge is -2.32. The third-order valence-electron chi connectivity index (χ3n) is 7.18. The average Bonchev–Trinajstić information content (AvgIpc) is 3.70. The first-order valence-electron chi connectivity index (χ1n) is 13.1. The van der Waals surface area contributed by atoms with Gasteiger partial charge in [0.2, 0.25) is 5.88 Å². The van der Waals surface area contributed by atoms with Gasteiger partial charge in [0.25, 0.3) is 5.91 Å². The molecule has 1 amide bonds. The molecule has 0 spiro atoms. The lowest BCUT2D eigenvalue weighted by molar-refractivity contribution is -0.128. The van der Waals surface area contributed by atoms with Gasteiger partial charge < -0.3 is 15.4 Å². The number of aryl methyl sites for hydroxylation is 1. The Balaban J connectivity index is 1.29. The van der Waals surface area contributed by atoms with Crippen molar-refractivity contribution in [3.63, 3.8) is 0 Å². The van der Waals surface area contributed by atoms with Crippen LogP contribution in [0.15, 0.2) is 60.6 Å². The standard InChI is InChI=1S/C29H28N8O2/c1-18-4-9-23(10-5-18)39-24-11-8-20(15-32-24)26-25-27(31)33-17-34-28(25)37(35-26)22-3-2-12-36(16-22)29(38)21(14-30)13-19-6-7-19/h4-5,8-11,13,15,17,19,22H,2-3,6-7,12,16H2,1H3,(H2,31,33,34)/t22-/m1/s1. The number of allylic oxidation sites excluding steroid dienone is 1. The van der Waals surface area contributed by atoms with E-state index in [9.17, 15) is 10.1 Å². The molecule has 2 N–H and O–H groups in total. The summed E-state index contributed by atoms with van der Waals surface area (Å²) in [5.74, 6) is 1.63. The van der Waals surface area contributed by atoms with Crippen LogP contribution in [0.25, 0.3) is 22.3 Å². The number of nitrogens with zero attached hydrogens (tertiary/aromatic N) is 7. The summed E-state index contributed by atoms with van der Waals surface area (Å²) in [6.45, 7) is 3.06. The maximum atomic E-state index is 13.1. The molecule has 4 heterocycles. The van der Waals surface area contributed by atoms with Gasteiger partial charge in [0.05, 0.1) is 11.4 Å². The highest BCUT2D eigenvalue weighted by atomic mass is 16.5. The third kappa shape index (κ3) is 5.03. The van der Waals surface area contributed by atoms with Crippen molar-refractivity contribution < 1.29 is 9.53 Å². The summed E-state index contributed by atoms with van der Waals surface area (Å²) in [6.07, 6.45) is 8.63. The van der Waals surface area contributed by atoms with Crippen LogP contribution in [0.2, 0.25) is 0 Å². The average molecular weight is 521 g/mol. The quantitative estimate of drug-likeness (QED) is 0.288. The van der Waals surface area contributed by atoms with Gasteiger partial charge in [0.1, 0.15) is 35.2 Å². The zero-order valence-corrected chi connectivity index (χ0v) is 21.6. The molecule has 1 atom stereocenters. The van der Waals surface area contributed by atoms with Crippen LogP contribution in [0.5, 0.6) is 11.6 Å². The van der Waals surface area contributed by atoms with Gasteiger partial charge in [-0.3, -0.25) is 4.79 Å². The second kappa shape index (κ2) is 10.2. The van der Waals surface area contributed by atoms with Gasteiger partial charge in [-0.1, -0.05) is 23.8 Å². The van der Waals surface area contributed by atoms with E-state index in [1.165, 1.54) is 6.33 Å². The molecule has 6 rings (SSSR count). The summed E-state index contributed by atoms with van der Waals surface area (Å²) in [5.41, 5.74) is 9.66. The zero-order valence-electron chi connectivity index (χ0n) is 21.6. The molecule has 10 nitrogen and oxygen atoms in total. The number of carbonyl (C=O) groups excluding carboxylic acids is 1. The van der Waals surface area contributed by atoms with E-state index in [-0.39, 0.29) is 17.5 Å². The van der Waals surface area contributed by atoms with Gasteiger partial charge in [-0.15, -0.1) is 0 Å². The van der Waals surface area contributed by atoms with Crippen molar-refractivity contribution in [1.29, 1.82) is 5.26 Å². The van der Waals surface area contributed by atoms with Crippen molar-refractivity contribution in [3.8, 4) is 29.0 Å². The molecule has 1 saturated heterocycles. The number of aromatic nitrogens is 5.